The molecule has 1 heterocycles. The number of aliphatic imine (C=N–C) groups is 1. The minimum Gasteiger partial charge on any atom is -0.370 e. The SMILES string of the molecule is CC(C)CNC(N)=NCc1ccccc1-c1ccc(Cn2ccnc2)cc1. The van der Waals surface area contributed by atoms with Crippen molar-refractivity contribution in [3.63, 3.8) is 0 Å². The van der Waals surface area contributed by atoms with E-state index in [9.17, 15) is 0 Å². The van der Waals surface area contributed by atoms with E-state index in [1.165, 1.54) is 16.7 Å². The average molecular weight is 361 g/mol. The van der Waals surface area contributed by atoms with Crippen LogP contribution < -0.4 is 11.1 Å². The predicted octanol–water partition coefficient (Wildman–Crippen LogP) is 3.66. The van der Waals surface area contributed by atoms with Crippen molar-refractivity contribution in [2.24, 2.45) is 16.6 Å². The second kappa shape index (κ2) is 9.03. The van der Waals surface area contributed by atoms with Gasteiger partial charge in [-0.3, -0.25) is 0 Å². The Morgan fingerprint density at radius 3 is 2.63 bits per heavy atom. The molecule has 140 valence electrons. The van der Waals surface area contributed by atoms with Crippen LogP contribution in [0.2, 0.25) is 0 Å². The minimum atomic E-state index is 0.495. The number of nitrogens with two attached hydrogens (primary N) is 1. The van der Waals surface area contributed by atoms with Crippen molar-refractivity contribution in [1.82, 2.24) is 14.9 Å². The van der Waals surface area contributed by atoms with E-state index in [2.05, 4.69) is 76.2 Å². The second-order valence-corrected chi connectivity index (χ2v) is 7.07. The molecule has 1 aromatic heterocycles. The van der Waals surface area contributed by atoms with Gasteiger partial charge in [-0.25, -0.2) is 9.98 Å². The van der Waals surface area contributed by atoms with E-state index in [-0.39, 0.29) is 0 Å². The van der Waals surface area contributed by atoms with Gasteiger partial charge in [-0.2, -0.15) is 0 Å². The summed E-state index contributed by atoms with van der Waals surface area (Å²) >= 11 is 0. The van der Waals surface area contributed by atoms with E-state index in [1.807, 2.05) is 18.6 Å². The third-order valence-electron chi connectivity index (χ3n) is 4.32. The number of nitrogens with zero attached hydrogens (tertiary/aromatic N) is 3. The second-order valence-electron chi connectivity index (χ2n) is 7.07. The summed E-state index contributed by atoms with van der Waals surface area (Å²) in [4.78, 5) is 8.58. The lowest BCUT2D eigenvalue weighted by atomic mass is 9.98. The number of imidazole rings is 1. The molecule has 0 saturated heterocycles. The largest absolute Gasteiger partial charge is 0.370 e. The molecule has 3 aromatic rings. The minimum absolute atomic E-state index is 0.495. The van der Waals surface area contributed by atoms with Crippen molar-refractivity contribution in [3.05, 3.63) is 78.4 Å². The van der Waals surface area contributed by atoms with Gasteiger partial charge in [0.15, 0.2) is 5.96 Å². The molecule has 3 N–H and O–H groups in total. The van der Waals surface area contributed by atoms with Crippen molar-refractivity contribution in [2.75, 3.05) is 6.54 Å². The first-order valence-electron chi connectivity index (χ1n) is 9.28. The summed E-state index contributed by atoms with van der Waals surface area (Å²) in [7, 11) is 0. The Balaban J connectivity index is 1.72. The number of nitrogens with one attached hydrogen (secondary N) is 1. The molecule has 0 aliphatic heterocycles. The van der Waals surface area contributed by atoms with Crippen LogP contribution in [-0.4, -0.2) is 22.1 Å². The highest BCUT2D eigenvalue weighted by Gasteiger charge is 2.05. The van der Waals surface area contributed by atoms with Crippen molar-refractivity contribution >= 4 is 5.96 Å². The molecule has 0 atom stereocenters. The molecular weight excluding hydrogens is 334 g/mol. The lowest BCUT2D eigenvalue weighted by molar-refractivity contribution is 0.622. The van der Waals surface area contributed by atoms with Gasteiger partial charge >= 0.3 is 0 Å². The fourth-order valence-corrected chi connectivity index (χ4v) is 2.86. The summed E-state index contributed by atoms with van der Waals surface area (Å²) in [6.45, 7) is 6.50. The molecule has 0 unspecified atom stereocenters. The van der Waals surface area contributed by atoms with Crippen LogP contribution in [0.4, 0.5) is 0 Å². The maximum Gasteiger partial charge on any atom is 0.188 e. The van der Waals surface area contributed by atoms with Crippen LogP contribution in [-0.2, 0) is 13.1 Å². The molecule has 0 spiro atoms. The third-order valence-corrected chi connectivity index (χ3v) is 4.32. The zero-order chi connectivity index (χ0) is 19.1. The number of aromatic nitrogens is 2. The fourth-order valence-electron chi connectivity index (χ4n) is 2.86. The monoisotopic (exact) mass is 361 g/mol. The summed E-state index contributed by atoms with van der Waals surface area (Å²) in [5, 5.41) is 3.16. The third kappa shape index (κ3) is 5.45. The van der Waals surface area contributed by atoms with Crippen LogP contribution in [0, 0.1) is 5.92 Å². The molecule has 0 saturated carbocycles. The molecule has 0 bridgehead atoms. The van der Waals surface area contributed by atoms with E-state index in [0.29, 0.717) is 18.4 Å². The highest BCUT2D eigenvalue weighted by Crippen LogP contribution is 2.25. The summed E-state index contributed by atoms with van der Waals surface area (Å²) < 4.78 is 2.06. The normalized spacial score (nSPS) is 11.7. The molecule has 0 aliphatic carbocycles. The van der Waals surface area contributed by atoms with Gasteiger partial charge in [-0.15, -0.1) is 0 Å². The molecule has 5 heteroatoms. The van der Waals surface area contributed by atoms with Gasteiger partial charge in [0.25, 0.3) is 0 Å². The first-order valence-corrected chi connectivity index (χ1v) is 9.28. The topological polar surface area (TPSA) is 68.2 Å². The van der Waals surface area contributed by atoms with Crippen LogP contribution in [0.3, 0.4) is 0 Å². The predicted molar refractivity (Wildman–Crippen MR) is 111 cm³/mol. The van der Waals surface area contributed by atoms with E-state index in [4.69, 9.17) is 5.73 Å². The Labute approximate surface area is 161 Å². The first kappa shape index (κ1) is 18.7. The van der Waals surface area contributed by atoms with Crippen molar-refractivity contribution < 1.29 is 0 Å². The van der Waals surface area contributed by atoms with Crippen LogP contribution in [0.15, 0.2) is 72.2 Å². The summed E-state index contributed by atoms with van der Waals surface area (Å²) in [6.07, 6.45) is 5.60. The molecule has 0 radical (unpaired) electrons. The van der Waals surface area contributed by atoms with Gasteiger partial charge in [0.1, 0.15) is 0 Å². The van der Waals surface area contributed by atoms with Gasteiger partial charge in [0.2, 0.25) is 0 Å². The molecular formula is C22H27N5. The summed E-state index contributed by atoms with van der Waals surface area (Å²) in [5.41, 5.74) is 10.8. The number of hydrogen-bond acceptors (Lipinski definition) is 2. The summed E-state index contributed by atoms with van der Waals surface area (Å²) in [5.74, 6) is 1.03. The maximum atomic E-state index is 5.97. The first-order chi connectivity index (χ1) is 13.1. The van der Waals surface area contributed by atoms with Gasteiger partial charge < -0.3 is 15.6 Å². The average Bonchev–Trinajstić information content (AvgIpc) is 3.18. The molecule has 2 aromatic carbocycles. The Hall–Kier alpha value is -3.08. The molecule has 5 nitrogen and oxygen atoms in total. The number of guanidine groups is 1. The standard InChI is InChI=1S/C22H27N5/c1-17(2)13-25-22(23)26-14-20-5-3-4-6-21(20)19-9-7-18(8-10-19)15-27-12-11-24-16-27/h3-12,16-17H,13-15H2,1-2H3,(H3,23,25,26). The van der Waals surface area contributed by atoms with E-state index < -0.39 is 0 Å². The lowest BCUT2D eigenvalue weighted by Crippen LogP contribution is -2.34. The van der Waals surface area contributed by atoms with Gasteiger partial charge in [-0.05, 0) is 28.2 Å². The summed E-state index contributed by atoms with van der Waals surface area (Å²) in [6, 6.07) is 17.0. The maximum absolute atomic E-state index is 5.97. The van der Waals surface area contributed by atoms with Crippen LogP contribution in [0.1, 0.15) is 25.0 Å². The van der Waals surface area contributed by atoms with E-state index >= 15 is 0 Å². The van der Waals surface area contributed by atoms with Gasteiger partial charge in [-0.1, -0.05) is 62.4 Å². The highest BCUT2D eigenvalue weighted by atomic mass is 15.1. The lowest BCUT2D eigenvalue weighted by Gasteiger charge is -2.11. The zero-order valence-corrected chi connectivity index (χ0v) is 16.0. The van der Waals surface area contributed by atoms with Crippen molar-refractivity contribution in [2.45, 2.75) is 26.9 Å². The Bertz CT molecular complexity index is 864. The van der Waals surface area contributed by atoms with Gasteiger partial charge in [0, 0.05) is 25.5 Å². The van der Waals surface area contributed by atoms with Crippen LogP contribution in [0.5, 0.6) is 0 Å². The molecule has 27 heavy (non-hydrogen) atoms. The van der Waals surface area contributed by atoms with E-state index in [0.717, 1.165) is 18.7 Å². The molecule has 0 fully saturated rings. The molecule has 0 amide bonds. The number of benzene rings is 2. The Kier molecular flexibility index (Phi) is 6.26. The van der Waals surface area contributed by atoms with Crippen molar-refractivity contribution in [3.8, 4) is 11.1 Å². The van der Waals surface area contributed by atoms with E-state index in [1.54, 1.807) is 6.20 Å². The fraction of sp³-hybridized carbons (Fsp3) is 0.273. The molecule has 3 rings (SSSR count). The zero-order valence-electron chi connectivity index (χ0n) is 16.0. The Morgan fingerprint density at radius 2 is 1.93 bits per heavy atom. The molecule has 0 aliphatic rings. The van der Waals surface area contributed by atoms with Gasteiger partial charge in [0.05, 0.1) is 12.9 Å². The van der Waals surface area contributed by atoms with Crippen molar-refractivity contribution in [1.29, 1.82) is 0 Å². The highest BCUT2D eigenvalue weighted by molar-refractivity contribution is 5.78. The number of hydrogen-bond donors (Lipinski definition) is 2. The van der Waals surface area contributed by atoms with Crippen LogP contribution >= 0.6 is 0 Å². The Morgan fingerprint density at radius 1 is 1.15 bits per heavy atom. The number of rotatable bonds is 7. The smallest absolute Gasteiger partial charge is 0.188 e. The van der Waals surface area contributed by atoms with Crippen LogP contribution in [0.25, 0.3) is 11.1 Å². The quantitative estimate of drug-likeness (QED) is 0.498.